The van der Waals surface area contributed by atoms with E-state index in [4.69, 9.17) is 9.47 Å². The Balaban J connectivity index is 1.58. The van der Waals surface area contributed by atoms with Gasteiger partial charge in [0.1, 0.15) is 11.7 Å². The van der Waals surface area contributed by atoms with Crippen LogP contribution in [0.15, 0.2) is 36.7 Å². The highest BCUT2D eigenvalue weighted by Gasteiger charge is 2.33. The molecule has 2 amide bonds. The summed E-state index contributed by atoms with van der Waals surface area (Å²) >= 11 is 0. The van der Waals surface area contributed by atoms with Crippen molar-refractivity contribution in [1.82, 2.24) is 25.2 Å². The Hall–Kier alpha value is -4.73. The van der Waals surface area contributed by atoms with Gasteiger partial charge in [-0.15, -0.1) is 0 Å². The predicted octanol–water partition coefficient (Wildman–Crippen LogP) is 3.76. The molecule has 4 rings (SSSR count). The minimum atomic E-state index is -1.65. The molecule has 1 atom stereocenters. The fourth-order valence-electron chi connectivity index (χ4n) is 4.94. The van der Waals surface area contributed by atoms with E-state index in [9.17, 15) is 24.0 Å². The fourth-order valence-corrected chi connectivity index (χ4v) is 4.94. The number of carbonyl (C=O) groups is 3. The SMILES string of the molecule is COC(=O)N[C@H]1CC[C@H](Nc2cc(-c3ccc4cc(C#N)cnn34)ncc2C(=O)NC[C@@H](F)C(C)(C)OC(C)=O)CC1. The molecule has 1 saturated carbocycles. The zero-order valence-electron chi connectivity index (χ0n) is 23.9. The molecule has 222 valence electrons. The number of amides is 2. The maximum atomic E-state index is 14.9. The van der Waals surface area contributed by atoms with Crippen molar-refractivity contribution in [2.24, 2.45) is 0 Å². The molecule has 0 radical (unpaired) electrons. The first-order valence-electron chi connectivity index (χ1n) is 13.6. The molecule has 42 heavy (non-hydrogen) atoms. The van der Waals surface area contributed by atoms with Gasteiger partial charge in [0.25, 0.3) is 5.91 Å². The summed E-state index contributed by atoms with van der Waals surface area (Å²) in [5.74, 6) is -1.16. The van der Waals surface area contributed by atoms with Gasteiger partial charge in [-0.05, 0) is 63.8 Å². The van der Waals surface area contributed by atoms with Crippen LogP contribution in [0.25, 0.3) is 16.9 Å². The molecule has 0 aliphatic heterocycles. The highest BCUT2D eigenvalue weighted by molar-refractivity contribution is 6.00. The van der Waals surface area contributed by atoms with Crippen LogP contribution >= 0.6 is 0 Å². The lowest BCUT2D eigenvalue weighted by molar-refractivity contribution is -0.159. The van der Waals surface area contributed by atoms with E-state index in [1.54, 1.807) is 16.6 Å². The molecular formula is C29H34FN7O5. The van der Waals surface area contributed by atoms with Crippen LogP contribution in [0, 0.1) is 11.3 Å². The Morgan fingerprint density at radius 1 is 1.17 bits per heavy atom. The number of hydrogen-bond donors (Lipinski definition) is 3. The van der Waals surface area contributed by atoms with Crippen LogP contribution in [0.1, 0.15) is 62.4 Å². The lowest BCUT2D eigenvalue weighted by Crippen LogP contribution is -2.45. The van der Waals surface area contributed by atoms with E-state index in [-0.39, 0.29) is 24.2 Å². The van der Waals surface area contributed by atoms with Gasteiger partial charge in [0.15, 0.2) is 6.17 Å². The topological polar surface area (TPSA) is 160 Å². The first-order chi connectivity index (χ1) is 20.0. The number of ether oxygens (including phenoxy) is 2. The lowest BCUT2D eigenvalue weighted by atomic mass is 9.91. The number of rotatable bonds is 9. The average molecular weight is 580 g/mol. The molecule has 0 saturated heterocycles. The van der Waals surface area contributed by atoms with Crippen LogP contribution in [-0.2, 0) is 14.3 Å². The number of carbonyl (C=O) groups excluding carboxylic acids is 3. The molecule has 3 aromatic rings. The third-order valence-electron chi connectivity index (χ3n) is 7.24. The summed E-state index contributed by atoms with van der Waals surface area (Å²) in [6.07, 6.45) is 3.65. The van der Waals surface area contributed by atoms with Crippen molar-refractivity contribution in [3.8, 4) is 17.5 Å². The summed E-state index contributed by atoms with van der Waals surface area (Å²) < 4.78 is 26.3. The second-order valence-corrected chi connectivity index (χ2v) is 10.7. The number of pyridine rings is 1. The molecule has 3 aromatic heterocycles. The summed E-state index contributed by atoms with van der Waals surface area (Å²) in [7, 11) is 1.32. The van der Waals surface area contributed by atoms with Gasteiger partial charge in [-0.1, -0.05) is 0 Å². The van der Waals surface area contributed by atoms with Gasteiger partial charge < -0.3 is 25.4 Å². The van der Waals surface area contributed by atoms with Crippen molar-refractivity contribution in [2.75, 3.05) is 19.0 Å². The minimum Gasteiger partial charge on any atom is -0.457 e. The number of fused-ring (bicyclic) bond motifs is 1. The van der Waals surface area contributed by atoms with Crippen molar-refractivity contribution in [2.45, 2.75) is 70.3 Å². The highest BCUT2D eigenvalue weighted by atomic mass is 19.1. The Morgan fingerprint density at radius 2 is 1.88 bits per heavy atom. The number of nitrogens with zero attached hydrogens (tertiary/aromatic N) is 4. The van der Waals surface area contributed by atoms with Crippen LogP contribution in [0.2, 0.25) is 0 Å². The maximum absolute atomic E-state index is 14.9. The van der Waals surface area contributed by atoms with Crippen molar-refractivity contribution in [1.29, 1.82) is 5.26 Å². The van der Waals surface area contributed by atoms with Crippen LogP contribution in [-0.4, -0.2) is 70.1 Å². The molecule has 1 fully saturated rings. The second-order valence-electron chi connectivity index (χ2n) is 10.7. The van der Waals surface area contributed by atoms with Gasteiger partial charge in [-0.25, -0.2) is 13.7 Å². The molecule has 0 unspecified atom stereocenters. The van der Waals surface area contributed by atoms with Crippen molar-refractivity contribution in [3.05, 3.63) is 47.8 Å². The van der Waals surface area contributed by atoms with Gasteiger partial charge in [-0.2, -0.15) is 10.4 Å². The van der Waals surface area contributed by atoms with Crippen LogP contribution in [0.3, 0.4) is 0 Å². The minimum absolute atomic E-state index is 0.000285. The molecular weight excluding hydrogens is 545 g/mol. The molecule has 13 heteroatoms. The van der Waals surface area contributed by atoms with Gasteiger partial charge in [-0.3, -0.25) is 14.6 Å². The van der Waals surface area contributed by atoms with Gasteiger partial charge in [0.2, 0.25) is 0 Å². The molecule has 3 N–H and O–H groups in total. The van der Waals surface area contributed by atoms with E-state index in [1.807, 2.05) is 12.1 Å². The van der Waals surface area contributed by atoms with E-state index < -0.39 is 29.7 Å². The zero-order chi connectivity index (χ0) is 30.4. The number of nitrogens with one attached hydrogen (secondary N) is 3. The number of hydrogen-bond acceptors (Lipinski definition) is 9. The van der Waals surface area contributed by atoms with Crippen molar-refractivity contribution >= 4 is 29.2 Å². The smallest absolute Gasteiger partial charge is 0.407 e. The Kier molecular flexibility index (Phi) is 9.25. The van der Waals surface area contributed by atoms with Gasteiger partial charge in [0.05, 0.1) is 53.6 Å². The van der Waals surface area contributed by atoms with Crippen LogP contribution < -0.4 is 16.0 Å². The predicted molar refractivity (Wildman–Crippen MR) is 151 cm³/mol. The van der Waals surface area contributed by atoms with Crippen molar-refractivity contribution < 1.29 is 28.2 Å². The summed E-state index contributed by atoms with van der Waals surface area (Å²) in [6.45, 7) is 3.70. The Morgan fingerprint density at radius 3 is 2.55 bits per heavy atom. The average Bonchev–Trinajstić information content (AvgIpc) is 3.39. The summed E-state index contributed by atoms with van der Waals surface area (Å²) in [4.78, 5) is 40.7. The first-order valence-corrected chi connectivity index (χ1v) is 13.6. The second kappa shape index (κ2) is 12.8. The number of alkyl halides is 1. The number of halogens is 1. The third-order valence-corrected chi connectivity index (χ3v) is 7.24. The number of methoxy groups -OCH3 is 1. The Labute approximate surface area is 242 Å². The van der Waals surface area contributed by atoms with E-state index in [1.165, 1.54) is 40.3 Å². The van der Waals surface area contributed by atoms with E-state index in [0.29, 0.717) is 28.2 Å². The van der Waals surface area contributed by atoms with Crippen LogP contribution in [0.4, 0.5) is 14.9 Å². The summed E-state index contributed by atoms with van der Waals surface area (Å²) in [6, 6.07) is 9.16. The monoisotopic (exact) mass is 579 g/mol. The quantitative estimate of drug-likeness (QED) is 0.321. The number of nitriles is 1. The van der Waals surface area contributed by atoms with E-state index in [0.717, 1.165) is 25.7 Å². The number of anilines is 1. The molecule has 0 spiro atoms. The zero-order valence-corrected chi connectivity index (χ0v) is 23.9. The largest absolute Gasteiger partial charge is 0.457 e. The number of aromatic nitrogens is 3. The molecule has 12 nitrogen and oxygen atoms in total. The summed E-state index contributed by atoms with van der Waals surface area (Å²) in [5.41, 5.74) is 1.62. The molecule has 0 bridgehead atoms. The number of esters is 1. The van der Waals surface area contributed by atoms with E-state index in [2.05, 4.69) is 32.1 Å². The Bertz CT molecular complexity index is 1510. The highest BCUT2D eigenvalue weighted by Crippen LogP contribution is 2.29. The number of alkyl carbamates (subject to hydrolysis) is 1. The first kappa shape index (κ1) is 30.2. The molecule has 1 aliphatic rings. The third kappa shape index (κ3) is 7.12. The standard InChI is InChI=1S/C29H34FN7O5/c1-17(38)42-29(2,3)26(30)16-33-27(39)22-15-32-24(25-10-9-21-11-18(13-31)14-34-37(21)25)12-23(22)35-19-5-7-20(8-6-19)36-28(40)41-4/h9-12,14-15,19-20,26H,5-8,16H2,1-4H3,(H,32,35)(H,33,39)(H,36,40)/t19-,20-,26-/m1/s1. The van der Waals surface area contributed by atoms with Crippen LogP contribution in [0.5, 0.6) is 0 Å². The lowest BCUT2D eigenvalue weighted by Gasteiger charge is -2.30. The fraction of sp³-hybridized carbons (Fsp3) is 0.448. The van der Waals surface area contributed by atoms with Gasteiger partial charge in [0, 0.05) is 25.2 Å². The van der Waals surface area contributed by atoms with Gasteiger partial charge >= 0.3 is 12.1 Å². The maximum Gasteiger partial charge on any atom is 0.407 e. The molecule has 1 aliphatic carbocycles. The normalized spacial score (nSPS) is 17.5. The molecule has 0 aromatic carbocycles. The van der Waals surface area contributed by atoms with E-state index >= 15 is 0 Å². The summed E-state index contributed by atoms with van der Waals surface area (Å²) in [5, 5.41) is 22.4. The van der Waals surface area contributed by atoms with Crippen molar-refractivity contribution in [3.63, 3.8) is 0 Å². The molecule has 3 heterocycles.